The van der Waals surface area contributed by atoms with Crippen LogP contribution in [-0.2, 0) is 33.4 Å². The van der Waals surface area contributed by atoms with Gasteiger partial charge in [0.05, 0.1) is 5.92 Å². The number of rotatable bonds is 4. The normalized spacial score (nSPS) is 32.5. The molecular formula is C23H26O7. The van der Waals surface area contributed by atoms with Crippen LogP contribution >= 0.6 is 0 Å². The molecule has 0 N–H and O–H groups in total. The molecule has 5 atom stereocenters. The van der Waals surface area contributed by atoms with Gasteiger partial charge in [-0.1, -0.05) is 24.3 Å². The molecular weight excluding hydrogens is 388 g/mol. The lowest BCUT2D eigenvalue weighted by molar-refractivity contribution is -0.175. The average Bonchev–Trinajstić information content (AvgIpc) is 3.01. The fourth-order valence-electron chi connectivity index (χ4n) is 4.54. The first-order valence-corrected chi connectivity index (χ1v) is 9.77. The standard InChI is InChI=1S/C23H26O7/c1-10(2)20(25)28-15-9-13(6)16-14(24)8-12(5)17(16)19-18(15)23(7,22(27)29-19)30-21(26)11(3)4/h8,15,17-19H,1,3,9H2,2,4-7H3/t15-,17-,18-,19-,23-/m1/s1. The van der Waals surface area contributed by atoms with E-state index in [1.807, 2.05) is 0 Å². The summed E-state index contributed by atoms with van der Waals surface area (Å²) in [4.78, 5) is 50.3. The van der Waals surface area contributed by atoms with E-state index >= 15 is 0 Å². The number of esters is 3. The summed E-state index contributed by atoms with van der Waals surface area (Å²) >= 11 is 0. The summed E-state index contributed by atoms with van der Waals surface area (Å²) in [6.07, 6.45) is 0.0608. The van der Waals surface area contributed by atoms with E-state index in [9.17, 15) is 19.2 Å². The molecule has 0 radical (unpaired) electrons. The zero-order valence-electron chi connectivity index (χ0n) is 17.9. The van der Waals surface area contributed by atoms with Gasteiger partial charge in [0.2, 0.25) is 5.60 Å². The van der Waals surface area contributed by atoms with Gasteiger partial charge in [-0.2, -0.15) is 0 Å². The highest BCUT2D eigenvalue weighted by atomic mass is 16.6. The van der Waals surface area contributed by atoms with Gasteiger partial charge in [-0.25, -0.2) is 14.4 Å². The molecule has 0 aromatic rings. The van der Waals surface area contributed by atoms with Crippen molar-refractivity contribution in [2.24, 2.45) is 11.8 Å². The van der Waals surface area contributed by atoms with E-state index in [0.29, 0.717) is 5.57 Å². The van der Waals surface area contributed by atoms with E-state index in [0.717, 1.165) is 11.1 Å². The molecule has 1 aliphatic heterocycles. The smallest absolute Gasteiger partial charge is 0.351 e. The van der Waals surface area contributed by atoms with E-state index in [-0.39, 0.29) is 23.4 Å². The van der Waals surface area contributed by atoms with Gasteiger partial charge in [0.15, 0.2) is 5.78 Å². The highest BCUT2D eigenvalue weighted by Gasteiger charge is 2.65. The van der Waals surface area contributed by atoms with Gasteiger partial charge in [0, 0.05) is 29.1 Å². The van der Waals surface area contributed by atoms with Crippen LogP contribution in [0.3, 0.4) is 0 Å². The second-order valence-electron chi connectivity index (χ2n) is 8.53. The summed E-state index contributed by atoms with van der Waals surface area (Å²) in [6.45, 7) is 15.2. The highest BCUT2D eigenvalue weighted by molar-refractivity contribution is 6.09. The topological polar surface area (TPSA) is 96.0 Å². The summed E-state index contributed by atoms with van der Waals surface area (Å²) < 4.78 is 17.0. The van der Waals surface area contributed by atoms with Gasteiger partial charge in [-0.3, -0.25) is 4.79 Å². The predicted molar refractivity (Wildman–Crippen MR) is 107 cm³/mol. The SMILES string of the molecule is C=C(C)C(=O)O[C@@H]1CC(C)=C2C(=O)C=C(C)[C@H]2[C@H]2OC(=O)[C@](C)(OC(=O)C(=C)C)[C@@H]21. The Morgan fingerprint density at radius 2 is 1.73 bits per heavy atom. The molecule has 7 heteroatoms. The molecule has 0 bridgehead atoms. The van der Waals surface area contributed by atoms with E-state index in [1.54, 1.807) is 13.8 Å². The van der Waals surface area contributed by atoms with Crippen molar-refractivity contribution in [1.29, 1.82) is 0 Å². The van der Waals surface area contributed by atoms with Gasteiger partial charge in [-0.15, -0.1) is 0 Å². The monoisotopic (exact) mass is 414 g/mol. The van der Waals surface area contributed by atoms with Crippen molar-refractivity contribution in [2.75, 3.05) is 0 Å². The number of hydrogen-bond acceptors (Lipinski definition) is 7. The Balaban J connectivity index is 2.13. The van der Waals surface area contributed by atoms with Crippen LogP contribution in [0.15, 0.2) is 47.1 Å². The Morgan fingerprint density at radius 3 is 2.30 bits per heavy atom. The maximum Gasteiger partial charge on any atom is 0.351 e. The number of hydrogen-bond donors (Lipinski definition) is 0. The summed E-state index contributed by atoms with van der Waals surface area (Å²) in [5.41, 5.74) is 0.649. The Morgan fingerprint density at radius 1 is 1.13 bits per heavy atom. The van der Waals surface area contributed by atoms with Crippen LogP contribution in [0, 0.1) is 11.8 Å². The van der Waals surface area contributed by atoms with Crippen molar-refractivity contribution < 1.29 is 33.4 Å². The minimum absolute atomic E-state index is 0.124. The lowest BCUT2D eigenvalue weighted by atomic mass is 9.77. The van der Waals surface area contributed by atoms with Gasteiger partial charge in [0.1, 0.15) is 12.2 Å². The van der Waals surface area contributed by atoms with Crippen LogP contribution in [0.2, 0.25) is 0 Å². The third kappa shape index (κ3) is 3.32. The van der Waals surface area contributed by atoms with E-state index < -0.39 is 47.6 Å². The molecule has 0 saturated carbocycles. The zero-order chi connectivity index (χ0) is 22.5. The molecule has 0 aromatic heterocycles. The predicted octanol–water partition coefficient (Wildman–Crippen LogP) is 2.76. The van der Waals surface area contributed by atoms with E-state index in [4.69, 9.17) is 14.2 Å². The van der Waals surface area contributed by atoms with Crippen molar-refractivity contribution in [2.45, 2.75) is 58.8 Å². The van der Waals surface area contributed by atoms with Gasteiger partial charge in [-0.05, 0) is 40.7 Å². The van der Waals surface area contributed by atoms with Crippen LogP contribution in [0.5, 0.6) is 0 Å². The first kappa shape index (κ1) is 21.7. The number of ether oxygens (including phenoxy) is 3. The molecule has 160 valence electrons. The van der Waals surface area contributed by atoms with Crippen LogP contribution in [0.4, 0.5) is 0 Å². The lowest BCUT2D eigenvalue weighted by Crippen LogP contribution is -2.50. The Bertz CT molecular complexity index is 951. The van der Waals surface area contributed by atoms with Gasteiger partial charge < -0.3 is 14.2 Å². The van der Waals surface area contributed by atoms with Crippen molar-refractivity contribution in [3.63, 3.8) is 0 Å². The van der Waals surface area contributed by atoms with Crippen molar-refractivity contribution >= 4 is 23.7 Å². The first-order valence-electron chi connectivity index (χ1n) is 9.77. The fourth-order valence-corrected chi connectivity index (χ4v) is 4.54. The summed E-state index contributed by atoms with van der Waals surface area (Å²) in [7, 11) is 0. The van der Waals surface area contributed by atoms with E-state index in [1.165, 1.54) is 26.8 Å². The summed E-state index contributed by atoms with van der Waals surface area (Å²) in [5, 5.41) is 0. The lowest BCUT2D eigenvalue weighted by Gasteiger charge is -2.34. The van der Waals surface area contributed by atoms with Crippen molar-refractivity contribution in [3.05, 3.63) is 47.1 Å². The minimum atomic E-state index is -1.71. The number of fused-ring (bicyclic) bond motifs is 3. The summed E-state index contributed by atoms with van der Waals surface area (Å²) in [5.74, 6) is -3.56. The number of ketones is 1. The molecule has 0 aromatic carbocycles. The maximum atomic E-state index is 12.9. The number of carbonyl (C=O) groups is 4. The van der Waals surface area contributed by atoms with Gasteiger partial charge in [0.25, 0.3) is 0 Å². The zero-order valence-corrected chi connectivity index (χ0v) is 17.9. The molecule has 30 heavy (non-hydrogen) atoms. The Hall–Kier alpha value is -2.96. The van der Waals surface area contributed by atoms with Crippen LogP contribution < -0.4 is 0 Å². The molecule has 1 saturated heterocycles. The van der Waals surface area contributed by atoms with Crippen molar-refractivity contribution in [3.8, 4) is 0 Å². The quantitative estimate of drug-likeness (QED) is 0.396. The minimum Gasteiger partial charge on any atom is -0.458 e. The third-order valence-electron chi connectivity index (χ3n) is 6.02. The van der Waals surface area contributed by atoms with Crippen LogP contribution in [0.25, 0.3) is 0 Å². The van der Waals surface area contributed by atoms with E-state index in [2.05, 4.69) is 13.2 Å². The van der Waals surface area contributed by atoms with Gasteiger partial charge >= 0.3 is 17.9 Å². The molecule has 1 heterocycles. The molecule has 1 fully saturated rings. The second-order valence-corrected chi connectivity index (χ2v) is 8.53. The number of allylic oxidation sites excluding steroid dienone is 1. The molecule has 0 unspecified atom stereocenters. The second kappa shape index (κ2) is 7.38. The third-order valence-corrected chi connectivity index (χ3v) is 6.02. The maximum absolute atomic E-state index is 12.9. The molecule has 3 rings (SSSR count). The molecule has 3 aliphatic rings. The Labute approximate surface area is 175 Å². The first-order chi connectivity index (χ1) is 13.9. The highest BCUT2D eigenvalue weighted by Crippen LogP contribution is 2.51. The molecule has 0 amide bonds. The fraction of sp³-hybridized carbons (Fsp3) is 0.478. The number of carbonyl (C=O) groups excluding carboxylic acids is 4. The van der Waals surface area contributed by atoms with Crippen LogP contribution in [-0.4, -0.2) is 41.5 Å². The molecule has 0 spiro atoms. The molecule has 2 aliphatic carbocycles. The average molecular weight is 414 g/mol. The summed E-state index contributed by atoms with van der Waals surface area (Å²) in [6, 6.07) is 0. The van der Waals surface area contributed by atoms with Crippen LogP contribution in [0.1, 0.15) is 41.0 Å². The molecule has 7 nitrogen and oxygen atoms in total. The largest absolute Gasteiger partial charge is 0.458 e. The Kier molecular flexibility index (Phi) is 5.35. The van der Waals surface area contributed by atoms with Crippen molar-refractivity contribution in [1.82, 2.24) is 0 Å².